The van der Waals surface area contributed by atoms with Crippen LogP contribution in [0, 0.1) is 0 Å². The molecule has 8 aliphatic heterocycles. The van der Waals surface area contributed by atoms with E-state index in [1.165, 1.54) is 0 Å². The van der Waals surface area contributed by atoms with Crippen molar-refractivity contribution in [2.24, 2.45) is 71.5 Å². The van der Waals surface area contributed by atoms with Crippen molar-refractivity contribution >= 4 is 222 Å². The van der Waals surface area contributed by atoms with Crippen LogP contribution in [-0.4, -0.2) is 49.7 Å². The third-order valence-electron chi connectivity index (χ3n) is 8.72. The first-order chi connectivity index (χ1) is 40.6. The van der Waals surface area contributed by atoms with Gasteiger partial charge in [-0.1, -0.05) is 173 Å². The third-order valence-corrected chi connectivity index (χ3v) is 27.0. The quantitative estimate of drug-likeness (QED) is 0.0386. The van der Waals surface area contributed by atoms with Gasteiger partial charge in [0.05, 0.1) is 86.9 Å². The van der Waals surface area contributed by atoms with Gasteiger partial charge in [-0.25, -0.2) is 0 Å². The molecule has 0 fully saturated rings. The summed E-state index contributed by atoms with van der Waals surface area (Å²) in [5, 5.41) is 61.7. The first-order valence-corrected chi connectivity index (χ1v) is 40.4. The Hall–Kier alpha value is -3.96. The highest BCUT2D eigenvalue weighted by atomic mass is 33.1. The molecule has 0 aliphatic carbocycles. The second kappa shape index (κ2) is 39.6. The largest absolute Gasteiger partial charge is 0.159 e. The molecule has 0 atom stereocenters. The monoisotopic (exact) mass is 1370 g/mol. The van der Waals surface area contributed by atoms with Gasteiger partial charge in [0.1, 0.15) is 0 Å². The van der Waals surface area contributed by atoms with Crippen molar-refractivity contribution in [3.8, 4) is 0 Å². The maximum atomic E-state index is 4.15. The van der Waals surface area contributed by atoms with Crippen molar-refractivity contribution in [3.05, 3.63) is 250 Å². The van der Waals surface area contributed by atoms with Crippen LogP contribution in [0.1, 0.15) is 0 Å². The highest BCUT2D eigenvalue weighted by Gasteiger charge is 2.12. The molecule has 0 aromatic heterocycles. The van der Waals surface area contributed by atoms with Crippen molar-refractivity contribution in [2.75, 3.05) is 0 Å². The van der Waals surface area contributed by atoms with Gasteiger partial charge in [-0.05, 0) is 144 Å². The number of allylic oxidation sites excluding steroid dienone is 22. The highest BCUT2D eigenvalue weighted by molar-refractivity contribution is 8.82. The second-order valence-corrected chi connectivity index (χ2v) is 32.5. The minimum Gasteiger partial charge on any atom is -0.159 e. The first kappa shape index (κ1) is 64.0. The Kier molecular flexibility index (Phi) is 30.9. The molecule has 0 saturated carbocycles. The predicted octanol–water partition coefficient (Wildman–Crippen LogP) is 22.2. The second-order valence-electron chi connectivity index (χ2n) is 14.5. The third kappa shape index (κ3) is 26.5. The zero-order valence-corrected chi connectivity index (χ0v) is 54.8. The van der Waals surface area contributed by atoms with Crippen molar-refractivity contribution in [1.29, 1.82) is 0 Å². The molecule has 0 N–H and O–H groups in total. The van der Waals surface area contributed by atoms with Crippen LogP contribution in [0.25, 0.3) is 0 Å². The number of azo groups is 3. The van der Waals surface area contributed by atoms with Gasteiger partial charge < -0.3 is 0 Å². The number of hydrogen-bond donors (Lipinski definition) is 0. The summed E-state index contributed by atoms with van der Waals surface area (Å²) in [6.07, 6.45) is 67.1. The lowest BCUT2D eigenvalue weighted by molar-refractivity contribution is 1.22. The minimum absolute atomic E-state index is 1.06. The molecule has 30 heteroatoms. The van der Waals surface area contributed by atoms with Crippen molar-refractivity contribution in [3.63, 3.8) is 0 Å². The lowest BCUT2D eigenvalue weighted by Gasteiger charge is -1.86. The average molecular weight is 1370 g/mol. The predicted molar refractivity (Wildman–Crippen MR) is 390 cm³/mol. The number of hydrogen-bond acceptors (Lipinski definition) is 30. The van der Waals surface area contributed by atoms with E-state index >= 15 is 0 Å². The fourth-order valence-corrected chi connectivity index (χ4v) is 20.9. The van der Waals surface area contributed by atoms with Crippen LogP contribution in [0.15, 0.2) is 322 Å². The highest BCUT2D eigenvalue weighted by Crippen LogP contribution is 2.49. The summed E-state index contributed by atoms with van der Waals surface area (Å²) in [7, 11) is 26.6. The van der Waals surface area contributed by atoms with Crippen LogP contribution in [-0.2, 0) is 0 Å². The van der Waals surface area contributed by atoms with Gasteiger partial charge in [0.15, 0.2) is 0 Å². The van der Waals surface area contributed by atoms with Crippen molar-refractivity contribution in [1.82, 2.24) is 0 Å². The standard InChI is InChI=1S/C52H38N14S16/c1(39-15-31-67-69-39)17-53-55-19-3-41-33-43(73-71-41)5-21-57-59-23-7-45-35-47(77-75-45)9-25-61-63-27-11-49-37-51(81-79-49)13-29-65-66-30-14-52-38-50(80-82-52)12-28-64-62-26-10-48-36-46(76-78-48)8-24-60-58-22-6-44-34-42(72-74-44)4-20-56-54-18-2-40-16-32-68-70-40/h1-38H/b21-5-,22-6-,23-7-,24-8-,29-13-,30-14-,39-1-,40-2-,41-3-,42-4-,47-9-,48-10-,49-11-,50-12-,53-17+,54-18+,55-19+,56-20+,59-57-,60-58-,61-25+,62-26+,63-27+,64-28+,66-65-. The fraction of sp³-hybridized carbons (Fsp3) is 0. The van der Waals surface area contributed by atoms with Gasteiger partial charge in [0.2, 0.25) is 0 Å². The molecule has 14 nitrogen and oxygen atoms in total. The van der Waals surface area contributed by atoms with Crippen LogP contribution >= 0.6 is 173 Å². The number of rotatable bonds is 24. The molecule has 0 bridgehead atoms. The fourth-order valence-electron chi connectivity index (χ4n) is 5.23. The molecule has 8 rings (SSSR count). The Morgan fingerprint density at radius 3 is 0.598 bits per heavy atom. The minimum atomic E-state index is 1.06. The molecule has 0 unspecified atom stereocenters. The van der Waals surface area contributed by atoms with E-state index in [0.717, 1.165) is 68.7 Å². The van der Waals surface area contributed by atoms with Crippen LogP contribution in [0.5, 0.6) is 0 Å². The van der Waals surface area contributed by atoms with Gasteiger partial charge in [0, 0.05) is 68.7 Å². The van der Waals surface area contributed by atoms with Crippen LogP contribution in [0.3, 0.4) is 0 Å². The smallest absolute Gasteiger partial charge is 0.0507 e. The zero-order chi connectivity index (χ0) is 56.2. The lowest BCUT2D eigenvalue weighted by Crippen LogP contribution is -1.70. The van der Waals surface area contributed by atoms with Gasteiger partial charge in [-0.2, -0.15) is 71.5 Å². The van der Waals surface area contributed by atoms with Gasteiger partial charge in [0.25, 0.3) is 0 Å². The summed E-state index contributed by atoms with van der Waals surface area (Å²) < 4.78 is 0. The Bertz CT molecular complexity index is 3200. The van der Waals surface area contributed by atoms with Crippen LogP contribution in [0.4, 0.5) is 0 Å². The van der Waals surface area contributed by atoms with E-state index in [2.05, 4.69) is 120 Å². The molecular weight excluding hydrogens is 1330 g/mol. The summed E-state index contributed by atoms with van der Waals surface area (Å²) in [5.41, 5.74) is 0. The molecular formula is C52H38N14S16. The summed E-state index contributed by atoms with van der Waals surface area (Å²) in [6.45, 7) is 0. The zero-order valence-electron chi connectivity index (χ0n) is 41.7. The van der Waals surface area contributed by atoms with Crippen LogP contribution < -0.4 is 0 Å². The van der Waals surface area contributed by atoms with E-state index in [1.54, 1.807) is 260 Å². The number of nitrogens with zero attached hydrogens (tertiary/aromatic N) is 14. The topological polar surface area (TPSA) is 173 Å². The Morgan fingerprint density at radius 1 is 0.220 bits per heavy atom. The van der Waals surface area contributed by atoms with Crippen molar-refractivity contribution in [2.45, 2.75) is 0 Å². The van der Waals surface area contributed by atoms with E-state index in [0.29, 0.717) is 0 Å². The Labute approximate surface area is 538 Å². The molecule has 0 radical (unpaired) electrons. The first-order valence-electron chi connectivity index (χ1n) is 23.1. The SMILES string of the molecule is C1=C/C(=C/C=N/N=C/C=C2C=C(\C=C/N=N\C=C/C3=CC(=C/C=N/N=C/C=C4C=C(\C=C/N=N\C=C/C5=CC(=C/C=N/N=C/C=C6C=C(\C=C/N=N\C=C/C7=CC(=C/C=N/N=C/C=C8/C=CSS8)/SS7)SS/6)/SS5)SS/4)/SS3)SS/2)SS1. The van der Waals surface area contributed by atoms with Gasteiger partial charge >= 0.3 is 0 Å². The molecule has 0 saturated heterocycles. The molecule has 0 aromatic carbocycles. The molecule has 0 amide bonds. The Balaban J connectivity index is 0.660. The maximum Gasteiger partial charge on any atom is 0.0507 e. The van der Waals surface area contributed by atoms with Gasteiger partial charge in [-0.15, -0.1) is 0 Å². The molecule has 0 aromatic rings. The van der Waals surface area contributed by atoms with E-state index in [1.807, 2.05) is 95.9 Å². The summed E-state index contributed by atoms with van der Waals surface area (Å²) >= 11 is 0. The van der Waals surface area contributed by atoms with Gasteiger partial charge in [-0.3, -0.25) is 0 Å². The summed E-state index contributed by atoms with van der Waals surface area (Å²) in [4.78, 5) is 15.2. The summed E-state index contributed by atoms with van der Waals surface area (Å²) in [6, 6.07) is 0. The molecule has 412 valence electrons. The summed E-state index contributed by atoms with van der Waals surface area (Å²) in [5.74, 6) is 0. The van der Waals surface area contributed by atoms with E-state index in [-0.39, 0.29) is 0 Å². The molecule has 8 aliphatic rings. The van der Waals surface area contributed by atoms with E-state index < -0.39 is 0 Å². The molecule has 8 heterocycles. The average Bonchev–Trinajstić information content (AvgIpc) is 4.34. The van der Waals surface area contributed by atoms with Crippen molar-refractivity contribution < 1.29 is 0 Å². The van der Waals surface area contributed by atoms with E-state index in [9.17, 15) is 0 Å². The Morgan fingerprint density at radius 2 is 0.415 bits per heavy atom. The molecule has 82 heavy (non-hydrogen) atoms. The maximum absolute atomic E-state index is 4.15. The van der Waals surface area contributed by atoms with Crippen LogP contribution in [0.2, 0.25) is 0 Å². The lowest BCUT2D eigenvalue weighted by atomic mass is 10.4. The molecule has 0 spiro atoms. The normalized spacial score (nSPS) is 24.5. The van der Waals surface area contributed by atoms with E-state index in [4.69, 9.17) is 0 Å².